The molecule has 1 amide bonds. The van der Waals surface area contributed by atoms with Gasteiger partial charge in [-0.1, -0.05) is 12.1 Å². The van der Waals surface area contributed by atoms with Gasteiger partial charge in [0.1, 0.15) is 0 Å². The lowest BCUT2D eigenvalue weighted by atomic mass is 9.83. The summed E-state index contributed by atoms with van der Waals surface area (Å²) in [4.78, 5) is 66.4. The van der Waals surface area contributed by atoms with Gasteiger partial charge in [0.25, 0.3) is 5.91 Å². The fourth-order valence-corrected chi connectivity index (χ4v) is 4.95. The minimum absolute atomic E-state index is 0.0278. The van der Waals surface area contributed by atoms with Gasteiger partial charge in [-0.15, -0.1) is 0 Å². The van der Waals surface area contributed by atoms with Crippen molar-refractivity contribution in [3.05, 3.63) is 84.1 Å². The summed E-state index contributed by atoms with van der Waals surface area (Å²) in [6, 6.07) is 11.8. The van der Waals surface area contributed by atoms with Crippen molar-refractivity contribution in [2.45, 2.75) is 49.3 Å². The quantitative estimate of drug-likeness (QED) is 0.243. The van der Waals surface area contributed by atoms with Gasteiger partial charge in [-0.25, -0.2) is 24.2 Å². The van der Waals surface area contributed by atoms with Gasteiger partial charge in [-0.3, -0.25) is 19.7 Å². The predicted molar refractivity (Wildman–Crippen MR) is 176 cm³/mol. The van der Waals surface area contributed by atoms with Gasteiger partial charge in [0.2, 0.25) is 5.88 Å². The molecule has 2 saturated heterocycles. The second kappa shape index (κ2) is 22.3. The number of nitrogens with zero attached hydrogens (tertiary/aromatic N) is 5. The number of rotatable bonds is 6. The number of carbonyl (C=O) groups excluding carboxylic acids is 1. The maximum absolute atomic E-state index is 14.0. The van der Waals surface area contributed by atoms with Crippen LogP contribution in [0.25, 0.3) is 0 Å². The zero-order valence-corrected chi connectivity index (χ0v) is 30.6. The van der Waals surface area contributed by atoms with Gasteiger partial charge in [-0.2, -0.15) is 52.7 Å². The van der Waals surface area contributed by atoms with Crippen LogP contribution >= 0.6 is 0 Å². The number of morpholine rings is 1. The Balaban J connectivity index is 0.000000539. The monoisotopic (exact) mass is 901 g/mol. The van der Waals surface area contributed by atoms with E-state index in [4.69, 9.17) is 49.1 Å². The fraction of sp³-hybridized carbons (Fsp3) is 0.394. The number of carbonyl (C=O) groups is 5. The Kier molecular flexibility index (Phi) is 19.3. The first-order chi connectivity index (χ1) is 28.0. The Morgan fingerprint density at radius 2 is 1.21 bits per heavy atom. The van der Waals surface area contributed by atoms with Crippen LogP contribution in [0.5, 0.6) is 5.88 Å². The zero-order chi connectivity index (χ0) is 47.0. The van der Waals surface area contributed by atoms with E-state index >= 15 is 0 Å². The number of alkyl halides is 12. The van der Waals surface area contributed by atoms with E-state index in [9.17, 15) is 57.5 Å². The van der Waals surface area contributed by atoms with Gasteiger partial charge in [0, 0.05) is 75.2 Å². The average Bonchev–Trinajstić information content (AvgIpc) is 3.52. The van der Waals surface area contributed by atoms with Crippen molar-refractivity contribution in [3.8, 4) is 5.88 Å². The lowest BCUT2D eigenvalue weighted by molar-refractivity contribution is -0.193. The zero-order valence-electron chi connectivity index (χ0n) is 30.6. The highest BCUT2D eigenvalue weighted by atomic mass is 19.4. The lowest BCUT2D eigenvalue weighted by Crippen LogP contribution is -2.59. The maximum Gasteiger partial charge on any atom is 0.490 e. The number of likely N-dealkylation sites (tertiary alicyclic amines) is 1. The highest BCUT2D eigenvalue weighted by Crippen LogP contribution is 2.42. The molecule has 2 unspecified atom stereocenters. The van der Waals surface area contributed by atoms with E-state index in [0.717, 1.165) is 16.7 Å². The van der Waals surface area contributed by atoms with Crippen LogP contribution in [0.2, 0.25) is 0 Å². The van der Waals surface area contributed by atoms with Gasteiger partial charge < -0.3 is 34.8 Å². The van der Waals surface area contributed by atoms with Crippen molar-refractivity contribution in [1.29, 1.82) is 0 Å². The topological polar surface area (TPSA) is 230 Å². The SMILES string of the molecule is COc1ncccc1CN1CC(c2cccnc2)C2(C1)OCCN(Cc1ccncc1)C2=O.O=C(O)C(F)(F)F.O=C(O)C(F)(F)F.O=C(O)C(F)(F)F.O=C(O)C(F)(F)F. The number of hydrogen-bond donors (Lipinski definition) is 4. The van der Waals surface area contributed by atoms with E-state index in [-0.39, 0.29) is 11.8 Å². The van der Waals surface area contributed by atoms with Crippen molar-refractivity contribution >= 4 is 29.8 Å². The molecule has 338 valence electrons. The molecule has 5 heterocycles. The van der Waals surface area contributed by atoms with Crippen LogP contribution in [0, 0.1) is 0 Å². The molecule has 2 aliphatic heterocycles. The van der Waals surface area contributed by atoms with E-state index in [1.807, 2.05) is 47.5 Å². The van der Waals surface area contributed by atoms with Crippen LogP contribution < -0.4 is 4.74 Å². The first-order valence-electron chi connectivity index (χ1n) is 16.1. The van der Waals surface area contributed by atoms with Crippen LogP contribution in [0.4, 0.5) is 52.7 Å². The molecular weight excluding hydrogens is 870 g/mol. The van der Waals surface area contributed by atoms with Gasteiger partial charge in [0.05, 0.1) is 13.7 Å². The summed E-state index contributed by atoms with van der Waals surface area (Å²) in [6.45, 7) is 3.41. The van der Waals surface area contributed by atoms with Crippen molar-refractivity contribution in [2.75, 3.05) is 33.4 Å². The minimum Gasteiger partial charge on any atom is -0.481 e. The third kappa shape index (κ3) is 17.4. The molecule has 0 aromatic carbocycles. The molecule has 1 spiro atoms. The molecule has 3 aromatic heterocycles. The molecule has 2 aliphatic rings. The predicted octanol–water partition coefficient (Wildman–Crippen LogP) is 4.81. The number of ether oxygens (including phenoxy) is 2. The van der Waals surface area contributed by atoms with E-state index in [1.165, 1.54) is 0 Å². The average molecular weight is 902 g/mol. The third-order valence-electron chi connectivity index (χ3n) is 7.45. The first-order valence-corrected chi connectivity index (χ1v) is 16.1. The van der Waals surface area contributed by atoms with Crippen LogP contribution in [0.1, 0.15) is 22.6 Å². The van der Waals surface area contributed by atoms with Crippen molar-refractivity contribution < 1.29 is 107 Å². The first kappa shape index (κ1) is 52.7. The van der Waals surface area contributed by atoms with E-state index in [2.05, 4.69) is 19.9 Å². The van der Waals surface area contributed by atoms with E-state index in [1.54, 1.807) is 31.9 Å². The summed E-state index contributed by atoms with van der Waals surface area (Å²) in [5, 5.41) is 28.5. The number of carboxylic acids is 4. The Labute approximate surface area is 334 Å². The van der Waals surface area contributed by atoms with E-state index < -0.39 is 54.2 Å². The van der Waals surface area contributed by atoms with Crippen LogP contribution in [0.15, 0.2) is 67.4 Å². The molecule has 61 heavy (non-hydrogen) atoms. The molecule has 28 heteroatoms. The molecule has 0 saturated carbocycles. The molecule has 2 atom stereocenters. The Hall–Kier alpha value is -6.32. The van der Waals surface area contributed by atoms with Crippen molar-refractivity contribution in [2.24, 2.45) is 0 Å². The Morgan fingerprint density at radius 1 is 0.738 bits per heavy atom. The molecule has 3 aromatic rings. The van der Waals surface area contributed by atoms with Crippen LogP contribution in [-0.2, 0) is 41.8 Å². The summed E-state index contributed by atoms with van der Waals surface area (Å²) in [6.07, 6.45) is -11.5. The standard InChI is InChI=1S/C25H27N5O3.4C2HF3O2/c1-32-23-21(5-3-9-28-23)16-29-17-22(20-4-2-8-27-14-20)25(18-29)24(31)30(12-13-33-25)15-19-6-10-26-11-7-19;4*3-2(4,5)1(6)7/h2-11,14,22H,12-13,15-18H2,1H3;4*(H,6,7). The van der Waals surface area contributed by atoms with E-state index in [0.29, 0.717) is 45.2 Å². The number of aromatic nitrogens is 3. The number of carboxylic acid groups (broad SMARTS) is 4. The summed E-state index contributed by atoms with van der Waals surface area (Å²) < 4.78 is 139. The summed E-state index contributed by atoms with van der Waals surface area (Å²) >= 11 is 0. The number of aliphatic carboxylic acids is 4. The number of amides is 1. The molecular formula is C33H31F12N5O11. The number of halogens is 12. The molecule has 0 aliphatic carbocycles. The largest absolute Gasteiger partial charge is 0.490 e. The third-order valence-corrected chi connectivity index (χ3v) is 7.45. The summed E-state index contributed by atoms with van der Waals surface area (Å²) in [5.41, 5.74) is 2.10. The number of methoxy groups -OCH3 is 1. The maximum atomic E-state index is 14.0. The van der Waals surface area contributed by atoms with Crippen molar-refractivity contribution in [3.63, 3.8) is 0 Å². The smallest absolute Gasteiger partial charge is 0.481 e. The highest BCUT2D eigenvalue weighted by Gasteiger charge is 2.57. The Morgan fingerprint density at radius 3 is 1.64 bits per heavy atom. The minimum atomic E-state index is -5.08. The van der Waals surface area contributed by atoms with Crippen molar-refractivity contribution in [1.82, 2.24) is 24.8 Å². The highest BCUT2D eigenvalue weighted by molar-refractivity contribution is 5.88. The molecule has 0 radical (unpaired) electrons. The van der Waals surface area contributed by atoms with Gasteiger partial charge >= 0.3 is 48.6 Å². The number of pyridine rings is 3. The summed E-state index contributed by atoms with van der Waals surface area (Å²) in [7, 11) is 1.63. The van der Waals surface area contributed by atoms with Gasteiger partial charge in [0.15, 0.2) is 5.60 Å². The van der Waals surface area contributed by atoms with Crippen LogP contribution in [0.3, 0.4) is 0 Å². The molecule has 0 bridgehead atoms. The molecule has 5 rings (SSSR count). The fourth-order valence-electron chi connectivity index (χ4n) is 4.95. The normalized spacial score (nSPS) is 17.8. The molecule has 2 fully saturated rings. The van der Waals surface area contributed by atoms with Crippen LogP contribution in [-0.4, -0.2) is 139 Å². The number of hydrogen-bond acceptors (Lipinski definition) is 11. The second-order valence-electron chi connectivity index (χ2n) is 11.7. The molecule has 16 nitrogen and oxygen atoms in total. The second-order valence-corrected chi connectivity index (χ2v) is 11.7. The lowest BCUT2D eigenvalue weighted by Gasteiger charge is -2.42. The van der Waals surface area contributed by atoms with Gasteiger partial charge in [-0.05, 0) is 35.4 Å². The molecule has 4 N–H and O–H groups in total. The summed E-state index contributed by atoms with van der Waals surface area (Å²) in [5.74, 6) is -10.5. The Bertz CT molecular complexity index is 1810.